The molecule has 0 saturated carbocycles. The minimum absolute atomic E-state index is 0.0818. The summed E-state index contributed by atoms with van der Waals surface area (Å²) in [5.41, 5.74) is 27.8. The number of furan rings is 1. The second-order valence-electron chi connectivity index (χ2n) is 36.7. The molecule has 6 heteroatoms. The molecule has 0 radical (unpaired) electrons. The van der Waals surface area contributed by atoms with Gasteiger partial charge in [-0.15, -0.1) is 0 Å². The van der Waals surface area contributed by atoms with E-state index in [1.54, 1.807) is 0 Å². The first-order chi connectivity index (χ1) is 53.4. The van der Waals surface area contributed by atoms with Crippen molar-refractivity contribution in [3.63, 3.8) is 0 Å². The van der Waals surface area contributed by atoms with Gasteiger partial charge in [0.25, 0.3) is 6.71 Å². The summed E-state index contributed by atoms with van der Waals surface area (Å²) >= 11 is 0. The molecule has 534 valence electrons. The van der Waals surface area contributed by atoms with Gasteiger partial charge in [0.1, 0.15) is 0 Å². The van der Waals surface area contributed by atoms with Crippen molar-refractivity contribution in [2.75, 3.05) is 9.80 Å². The van der Waals surface area contributed by atoms with Crippen molar-refractivity contribution in [1.29, 1.82) is 0 Å². The topological polar surface area (TPSA) is 29.5 Å². The van der Waals surface area contributed by atoms with Crippen molar-refractivity contribution < 1.29 is 11.3 Å². The number of rotatable bonds is 7. The molecule has 16 aromatic rings. The lowest BCUT2D eigenvalue weighted by Gasteiger charge is -2.46. The van der Waals surface area contributed by atoms with E-state index < -0.39 is 18.2 Å². The average Bonchev–Trinajstić information content (AvgIpc) is 1.36. The SMILES string of the molecule is [2H]c1c([2H])c([2H])c(-c2ccc3c(c2)B2c4ccc(-n5c6ccc(C(C)(C)C)cc6c6cc(C(C)(C)C)ccc65)cc4N(c4c(-c5ccccc5)cc(C(C)(C)C)cc4-c4ccccc4)c4cc(C(C)(C)C)cc(c42)N3c2cccc3c2oc2c(-n4c5ccc(C(C)(C)C)cc5c5cc(C(C)(C)C)ccc54)cccc23)c([2H])c1[2H]. The first kappa shape index (κ1) is 63.1. The highest BCUT2D eigenvalue weighted by Gasteiger charge is 2.46. The van der Waals surface area contributed by atoms with Gasteiger partial charge in [-0.1, -0.05) is 282 Å². The van der Waals surface area contributed by atoms with Crippen LogP contribution in [-0.4, -0.2) is 15.8 Å². The Morgan fingerprint density at radius 2 is 0.722 bits per heavy atom. The molecule has 5 nitrogen and oxygen atoms in total. The fourth-order valence-corrected chi connectivity index (χ4v) is 17.2. The Bertz CT molecular complexity index is 6460. The molecule has 0 bridgehead atoms. The van der Waals surface area contributed by atoms with E-state index in [0.717, 1.165) is 128 Å². The lowest BCUT2D eigenvalue weighted by atomic mass is 9.33. The van der Waals surface area contributed by atoms with E-state index >= 15 is 0 Å². The van der Waals surface area contributed by atoms with Gasteiger partial charge in [-0.25, -0.2) is 0 Å². The highest BCUT2D eigenvalue weighted by atomic mass is 16.3. The molecule has 3 aromatic heterocycles. The molecule has 0 atom stereocenters. The monoisotopic (exact) mass is 1410 g/mol. The van der Waals surface area contributed by atoms with E-state index in [-0.39, 0.29) is 56.8 Å². The summed E-state index contributed by atoms with van der Waals surface area (Å²) in [6.07, 6.45) is 0. The Labute approximate surface area is 645 Å². The van der Waals surface area contributed by atoms with E-state index in [0.29, 0.717) is 11.1 Å². The number of para-hydroxylation sites is 2. The van der Waals surface area contributed by atoms with E-state index in [4.69, 9.17) is 8.53 Å². The van der Waals surface area contributed by atoms with Gasteiger partial charge < -0.3 is 23.4 Å². The van der Waals surface area contributed by atoms with Crippen molar-refractivity contribution in [2.24, 2.45) is 0 Å². The first-order valence-corrected chi connectivity index (χ1v) is 38.5. The van der Waals surface area contributed by atoms with Crippen LogP contribution in [0.3, 0.4) is 0 Å². The first-order valence-electron chi connectivity index (χ1n) is 41.0. The quantitative estimate of drug-likeness (QED) is 0.149. The number of fused-ring (bicyclic) bond motifs is 13. The third-order valence-corrected chi connectivity index (χ3v) is 23.3. The Morgan fingerprint density at radius 1 is 0.287 bits per heavy atom. The van der Waals surface area contributed by atoms with Crippen LogP contribution in [0.15, 0.2) is 265 Å². The van der Waals surface area contributed by atoms with Gasteiger partial charge >= 0.3 is 0 Å². The van der Waals surface area contributed by atoms with E-state index in [1.165, 1.54) is 49.4 Å². The molecule has 0 spiro atoms. The van der Waals surface area contributed by atoms with Crippen molar-refractivity contribution >= 4 is 123 Å². The molecule has 2 aliphatic heterocycles. The summed E-state index contributed by atoms with van der Waals surface area (Å²) in [6, 6.07) is 84.5. The zero-order valence-electron chi connectivity index (χ0n) is 70.7. The standard InChI is InChI=1S/C102H97BN4O/c1-97(2,3)66-41-48-83-77(53-66)78-54-67(98(4,5)6)42-49-84(78)104(83)72-45-46-81-90(61-72)107(94-75(63-32-24-20-25-33-63)57-70(101(13,14)15)58-76(94)64-34-26-21-27-35-64)92-60-71(102(16,17)18)59-91-93(92)103(81)82-52-65(62-30-22-19-23-31-62)40-47-87(82)106(91)89-39-29-37-74-73-36-28-38-88(95(73)108-96(74)89)105-85-50-43-68(99(7,8)9)55-79(85)80-56-69(100(10,11)12)44-51-86(80)105/h19-61H,1-18H3/i19D,22D,23D,30D,31D. The van der Waals surface area contributed by atoms with Crippen LogP contribution in [0.1, 0.15) is 165 Å². The van der Waals surface area contributed by atoms with E-state index in [1.807, 2.05) is 6.07 Å². The largest absolute Gasteiger partial charge is 0.452 e. The maximum atomic E-state index is 9.66. The summed E-state index contributed by atoms with van der Waals surface area (Å²) in [7, 11) is 0. The van der Waals surface area contributed by atoms with Crippen molar-refractivity contribution in [3.05, 3.63) is 294 Å². The van der Waals surface area contributed by atoms with Crippen molar-refractivity contribution in [1.82, 2.24) is 9.13 Å². The predicted molar refractivity (Wildman–Crippen MR) is 465 cm³/mol. The van der Waals surface area contributed by atoms with Crippen LogP contribution >= 0.6 is 0 Å². The van der Waals surface area contributed by atoms with Gasteiger partial charge in [0.05, 0.1) is 46.0 Å². The number of nitrogens with zero attached hydrogens (tertiary/aromatic N) is 4. The van der Waals surface area contributed by atoms with Crippen LogP contribution in [0.25, 0.3) is 110 Å². The molecule has 0 aliphatic carbocycles. The Balaban J connectivity index is 0.983. The third kappa shape index (κ3) is 11.1. The molecule has 0 fully saturated rings. The summed E-state index contributed by atoms with van der Waals surface area (Å²) in [6.45, 7) is 40.9. The molecule has 5 heterocycles. The summed E-state index contributed by atoms with van der Waals surface area (Å²) < 4.78 is 59.2. The number of benzene rings is 13. The Kier molecular flexibility index (Phi) is 14.1. The van der Waals surface area contributed by atoms with E-state index in [2.05, 4.69) is 368 Å². The zero-order chi connectivity index (χ0) is 79.6. The molecule has 0 amide bonds. The van der Waals surface area contributed by atoms with Gasteiger partial charge in [-0.05, 0) is 208 Å². The minimum Gasteiger partial charge on any atom is -0.452 e. The van der Waals surface area contributed by atoms with Gasteiger partial charge in [-0.2, -0.15) is 0 Å². The van der Waals surface area contributed by atoms with Crippen LogP contribution < -0.4 is 26.2 Å². The van der Waals surface area contributed by atoms with Crippen molar-refractivity contribution in [3.8, 4) is 44.8 Å². The second kappa shape index (κ2) is 24.2. The molecular weight excluding hydrogens is 1310 g/mol. The minimum atomic E-state index is -0.504. The van der Waals surface area contributed by atoms with Crippen molar-refractivity contribution in [2.45, 2.75) is 157 Å². The van der Waals surface area contributed by atoms with Gasteiger partial charge in [0.2, 0.25) is 0 Å². The summed E-state index contributed by atoms with van der Waals surface area (Å²) in [5.74, 6) is 0. The highest BCUT2D eigenvalue weighted by molar-refractivity contribution is 7.00. The highest BCUT2D eigenvalue weighted by Crippen LogP contribution is 2.55. The van der Waals surface area contributed by atoms with Crippen LogP contribution in [0, 0.1) is 0 Å². The Hall–Kier alpha value is -11.1. The van der Waals surface area contributed by atoms with Crippen LogP contribution in [0.2, 0.25) is 0 Å². The molecule has 2 aliphatic rings. The maximum Gasteiger partial charge on any atom is 0.252 e. The molecule has 0 unspecified atom stereocenters. The van der Waals surface area contributed by atoms with Crippen LogP contribution in [-0.2, 0) is 32.5 Å². The number of aromatic nitrogens is 2. The fraction of sp³-hybridized carbons (Fsp3) is 0.235. The van der Waals surface area contributed by atoms with Gasteiger partial charge in [0.15, 0.2) is 11.2 Å². The molecule has 0 N–H and O–H groups in total. The van der Waals surface area contributed by atoms with E-state index in [9.17, 15) is 2.74 Å². The summed E-state index contributed by atoms with van der Waals surface area (Å²) in [5, 5.41) is 6.71. The summed E-state index contributed by atoms with van der Waals surface area (Å²) in [4.78, 5) is 5.03. The molecular formula is C102H97BN4O. The lowest BCUT2D eigenvalue weighted by Crippen LogP contribution is -2.61. The molecule has 18 rings (SSSR count). The van der Waals surface area contributed by atoms with Gasteiger partial charge in [0, 0.05) is 71.9 Å². The normalized spacial score (nSPS) is 14.2. The smallest absolute Gasteiger partial charge is 0.252 e. The number of hydrogen-bond acceptors (Lipinski definition) is 3. The van der Waals surface area contributed by atoms with Crippen LogP contribution in [0.5, 0.6) is 0 Å². The zero-order valence-corrected chi connectivity index (χ0v) is 65.7. The molecule has 108 heavy (non-hydrogen) atoms. The third-order valence-electron chi connectivity index (χ3n) is 23.3. The lowest BCUT2D eigenvalue weighted by molar-refractivity contribution is 0.590. The second-order valence-corrected chi connectivity index (χ2v) is 36.7. The Morgan fingerprint density at radius 3 is 1.19 bits per heavy atom. The van der Waals surface area contributed by atoms with Crippen LogP contribution in [0.4, 0.5) is 34.1 Å². The molecule has 13 aromatic carbocycles. The number of anilines is 6. The van der Waals surface area contributed by atoms with Gasteiger partial charge in [-0.3, -0.25) is 0 Å². The predicted octanol–water partition coefficient (Wildman–Crippen LogP) is 26.6. The maximum absolute atomic E-state index is 9.66. The molecule has 0 saturated heterocycles. The fourth-order valence-electron chi connectivity index (χ4n) is 17.2. The average molecular weight is 1410 g/mol. The number of hydrogen-bond donors (Lipinski definition) is 0.